The normalized spacial score (nSPS) is 11.4. The highest BCUT2D eigenvalue weighted by atomic mass is 32.1. The third-order valence-corrected chi connectivity index (χ3v) is 13.7. The van der Waals surface area contributed by atoms with E-state index in [0.29, 0.717) is 0 Å². The van der Waals surface area contributed by atoms with Gasteiger partial charge in [0.15, 0.2) is 0 Å². The first kappa shape index (κ1) is 36.2. The molecule has 0 saturated heterocycles. The lowest BCUT2D eigenvalue weighted by Gasteiger charge is -2.36. The standard InChI is InChI=1S/C46H39B8NS/c47-37-34(25-12-2-1-3-13-25)38(48)42(52)45(41(37)51)55(27-16-8-15-26(23-27)29-19-10-22-33-35(29)31-18-6-7-21-32(31)56-33)46-43(53)39(49)36(40(50)44(46)54)30-20-9-14-24-11-4-5-17-28(24)30/h1-23H,47-54H2. The van der Waals surface area contributed by atoms with Crippen molar-refractivity contribution < 1.29 is 0 Å². The molecule has 1 nitrogen and oxygen atoms in total. The van der Waals surface area contributed by atoms with E-state index in [1.54, 1.807) is 0 Å². The molecular formula is C46H39B8NS. The zero-order valence-electron chi connectivity index (χ0n) is 33.6. The fourth-order valence-corrected chi connectivity index (χ4v) is 10.5. The largest absolute Gasteiger partial charge is 0.313 e. The summed E-state index contributed by atoms with van der Waals surface area (Å²) in [6.45, 7) is 0. The molecule has 9 rings (SSSR count). The van der Waals surface area contributed by atoms with Crippen LogP contribution in [0.2, 0.25) is 0 Å². The topological polar surface area (TPSA) is 3.24 Å². The molecule has 0 bridgehead atoms. The highest BCUT2D eigenvalue weighted by Gasteiger charge is 2.27. The lowest BCUT2D eigenvalue weighted by molar-refractivity contribution is 1.33. The smallest absolute Gasteiger partial charge is 0.141 e. The van der Waals surface area contributed by atoms with Crippen LogP contribution < -0.4 is 48.6 Å². The van der Waals surface area contributed by atoms with E-state index in [0.717, 1.165) is 0 Å². The summed E-state index contributed by atoms with van der Waals surface area (Å²) in [6.07, 6.45) is 0. The Bertz CT molecular complexity index is 2970. The Kier molecular flexibility index (Phi) is 9.21. The molecule has 56 heavy (non-hydrogen) atoms. The molecule has 0 N–H and O–H groups in total. The SMILES string of the molecule is Bc1c(B)c(N(c2cccc(-c3cccc4sc5ccccc5c34)c2)c2c(B)c(B)c(-c3cccc4ccccc34)c(B)c2B)c(B)c(B)c1-c1ccccc1. The van der Waals surface area contributed by atoms with E-state index < -0.39 is 0 Å². The average molecular weight is 724 g/mol. The molecule has 0 amide bonds. The average Bonchev–Trinajstić information content (AvgIpc) is 3.61. The second kappa shape index (κ2) is 14.2. The van der Waals surface area contributed by atoms with Crippen LogP contribution in [0.25, 0.3) is 64.3 Å². The molecule has 0 aliphatic carbocycles. The molecule has 1 aromatic heterocycles. The van der Waals surface area contributed by atoms with Crippen molar-refractivity contribution in [2.24, 2.45) is 0 Å². The van der Waals surface area contributed by atoms with Crippen LogP contribution >= 0.6 is 11.3 Å². The first-order valence-corrected chi connectivity index (χ1v) is 20.5. The van der Waals surface area contributed by atoms with Crippen LogP contribution in [0.5, 0.6) is 0 Å². The first-order valence-electron chi connectivity index (χ1n) is 19.7. The fourth-order valence-electron chi connectivity index (χ4n) is 9.34. The zero-order valence-corrected chi connectivity index (χ0v) is 34.5. The molecule has 0 unspecified atom stereocenters. The Labute approximate surface area is 341 Å². The minimum atomic E-state index is 1.17. The Morgan fingerprint density at radius 1 is 0.375 bits per heavy atom. The van der Waals surface area contributed by atoms with Gasteiger partial charge in [0.1, 0.15) is 62.8 Å². The van der Waals surface area contributed by atoms with Crippen molar-refractivity contribution in [3.05, 3.63) is 140 Å². The summed E-state index contributed by atoms with van der Waals surface area (Å²) in [6, 6.07) is 51.3. The van der Waals surface area contributed by atoms with Crippen LogP contribution in [0.4, 0.5) is 17.1 Å². The molecule has 0 spiro atoms. The predicted octanol–water partition coefficient (Wildman–Crippen LogP) is -0.254. The molecule has 0 fully saturated rings. The summed E-state index contributed by atoms with van der Waals surface area (Å²) >= 11 is 1.88. The third-order valence-electron chi connectivity index (χ3n) is 12.6. The maximum atomic E-state index is 2.60. The summed E-state index contributed by atoms with van der Waals surface area (Å²) in [4.78, 5) is 2.60. The van der Waals surface area contributed by atoms with E-state index in [1.807, 2.05) is 11.3 Å². The van der Waals surface area contributed by atoms with Gasteiger partial charge in [-0.15, -0.1) is 11.3 Å². The van der Waals surface area contributed by atoms with Crippen molar-refractivity contribution in [1.29, 1.82) is 0 Å². The highest BCUT2D eigenvalue weighted by Crippen LogP contribution is 2.41. The van der Waals surface area contributed by atoms with E-state index in [9.17, 15) is 0 Å². The van der Waals surface area contributed by atoms with Gasteiger partial charge in [-0.25, -0.2) is 0 Å². The van der Waals surface area contributed by atoms with Gasteiger partial charge in [0.25, 0.3) is 0 Å². The Morgan fingerprint density at radius 3 is 1.57 bits per heavy atom. The van der Waals surface area contributed by atoms with Gasteiger partial charge in [0.2, 0.25) is 0 Å². The molecule has 0 radical (unpaired) electrons. The van der Waals surface area contributed by atoms with Crippen molar-refractivity contribution >= 4 is 166 Å². The second-order valence-corrected chi connectivity index (χ2v) is 16.6. The van der Waals surface area contributed by atoms with E-state index in [-0.39, 0.29) is 0 Å². The Morgan fingerprint density at radius 2 is 0.875 bits per heavy atom. The van der Waals surface area contributed by atoms with Gasteiger partial charge in [-0.3, -0.25) is 0 Å². The minimum Gasteiger partial charge on any atom is -0.313 e. The van der Waals surface area contributed by atoms with E-state index in [4.69, 9.17) is 0 Å². The molecule has 0 aliphatic rings. The monoisotopic (exact) mass is 725 g/mol. The number of anilines is 3. The number of nitrogens with zero attached hydrogens (tertiary/aromatic N) is 1. The highest BCUT2D eigenvalue weighted by molar-refractivity contribution is 7.26. The summed E-state index contributed by atoms with van der Waals surface area (Å²) in [5.41, 5.74) is 21.9. The van der Waals surface area contributed by atoms with Crippen molar-refractivity contribution in [2.75, 3.05) is 4.90 Å². The van der Waals surface area contributed by atoms with Gasteiger partial charge < -0.3 is 4.90 Å². The van der Waals surface area contributed by atoms with Crippen LogP contribution in [0.15, 0.2) is 140 Å². The number of hydrogen-bond donors (Lipinski definition) is 0. The number of thiophene rings is 1. The summed E-state index contributed by atoms with van der Waals surface area (Å²) in [5.74, 6) is 0. The molecule has 9 aromatic rings. The van der Waals surface area contributed by atoms with Crippen molar-refractivity contribution in [3.63, 3.8) is 0 Å². The molecular weight excluding hydrogens is 685 g/mol. The summed E-state index contributed by atoms with van der Waals surface area (Å²) in [7, 11) is 18.6. The predicted molar refractivity (Wildman–Crippen MR) is 273 cm³/mol. The molecule has 0 aliphatic heterocycles. The van der Waals surface area contributed by atoms with Crippen LogP contribution in [-0.2, 0) is 0 Å². The third kappa shape index (κ3) is 5.72. The molecule has 8 aromatic carbocycles. The zero-order chi connectivity index (χ0) is 38.8. The van der Waals surface area contributed by atoms with Crippen LogP contribution in [0.1, 0.15) is 0 Å². The van der Waals surface area contributed by atoms with Crippen molar-refractivity contribution in [2.45, 2.75) is 0 Å². The van der Waals surface area contributed by atoms with Gasteiger partial charge in [-0.05, 0) is 68.4 Å². The molecule has 258 valence electrons. The van der Waals surface area contributed by atoms with Gasteiger partial charge >= 0.3 is 0 Å². The molecule has 0 saturated carbocycles. The molecule has 0 atom stereocenters. The fraction of sp³-hybridized carbons (Fsp3) is 0. The Balaban J connectivity index is 1.33. The molecule has 10 heteroatoms. The summed E-state index contributed by atoms with van der Waals surface area (Å²) < 4.78 is 2.65. The van der Waals surface area contributed by atoms with Crippen LogP contribution in [0, 0.1) is 0 Å². The van der Waals surface area contributed by atoms with Crippen molar-refractivity contribution in [1.82, 2.24) is 0 Å². The van der Waals surface area contributed by atoms with E-state index >= 15 is 0 Å². The van der Waals surface area contributed by atoms with Crippen LogP contribution in [0.3, 0.4) is 0 Å². The van der Waals surface area contributed by atoms with Crippen LogP contribution in [-0.4, -0.2) is 62.8 Å². The first-order chi connectivity index (χ1) is 27.2. The Hall–Kier alpha value is -5.44. The number of hydrogen-bond acceptors (Lipinski definition) is 2. The van der Waals surface area contributed by atoms with Crippen molar-refractivity contribution in [3.8, 4) is 33.4 Å². The maximum absolute atomic E-state index is 2.60. The lowest BCUT2D eigenvalue weighted by Crippen LogP contribution is -2.50. The number of benzene rings is 8. The summed E-state index contributed by atoms with van der Waals surface area (Å²) in [5, 5.41) is 5.22. The number of fused-ring (bicyclic) bond motifs is 4. The lowest BCUT2D eigenvalue weighted by atomic mass is 9.62. The van der Waals surface area contributed by atoms with E-state index in [1.165, 1.54) is 125 Å². The van der Waals surface area contributed by atoms with Gasteiger partial charge in [-0.1, -0.05) is 159 Å². The quantitative estimate of drug-likeness (QED) is 0.214. The van der Waals surface area contributed by atoms with Gasteiger partial charge in [0.05, 0.1) is 0 Å². The van der Waals surface area contributed by atoms with Gasteiger partial charge in [0, 0.05) is 37.2 Å². The second-order valence-electron chi connectivity index (χ2n) is 15.5. The maximum Gasteiger partial charge on any atom is 0.141 e. The number of rotatable bonds is 6. The van der Waals surface area contributed by atoms with Gasteiger partial charge in [-0.2, -0.15) is 0 Å². The molecule has 1 heterocycles. The minimum absolute atomic E-state index is 1.17. The van der Waals surface area contributed by atoms with E-state index in [2.05, 4.69) is 207 Å².